The van der Waals surface area contributed by atoms with Gasteiger partial charge in [-0.05, 0) is 45.6 Å². The van der Waals surface area contributed by atoms with E-state index in [4.69, 9.17) is 9.47 Å². The number of aryl methyl sites for hydroxylation is 1. The van der Waals surface area contributed by atoms with Crippen LogP contribution >= 0.6 is 11.3 Å². The van der Waals surface area contributed by atoms with E-state index in [1.807, 2.05) is 48.5 Å². The monoisotopic (exact) mass is 501 g/mol. The van der Waals surface area contributed by atoms with Gasteiger partial charge in [-0.15, -0.1) is 11.3 Å². The topological polar surface area (TPSA) is 89.6 Å². The molecule has 2 aromatic carbocycles. The van der Waals surface area contributed by atoms with Crippen LogP contribution in [0.3, 0.4) is 0 Å². The van der Waals surface area contributed by atoms with Gasteiger partial charge in [-0.3, -0.25) is 4.98 Å². The SMILES string of the molecule is CC(C)OC(=O)NCCC[C@H](Cc1ccccc1)NC(=O)OCc1cncs1.Cc1ccccc1.[HH].[HH]. The molecule has 1 atom stereocenters. The number of hydrogen-bond acceptors (Lipinski definition) is 6. The van der Waals surface area contributed by atoms with Crippen molar-refractivity contribution in [3.8, 4) is 0 Å². The van der Waals surface area contributed by atoms with Crippen molar-refractivity contribution in [1.29, 1.82) is 0 Å². The maximum absolute atomic E-state index is 12.2. The molecule has 0 aliphatic rings. The second-order valence-corrected chi connectivity index (χ2v) is 9.22. The van der Waals surface area contributed by atoms with Gasteiger partial charge in [0.15, 0.2) is 0 Å². The molecule has 3 rings (SSSR count). The Kier molecular flexibility index (Phi) is 12.9. The summed E-state index contributed by atoms with van der Waals surface area (Å²) in [4.78, 5) is 28.6. The second-order valence-electron chi connectivity index (χ2n) is 8.25. The van der Waals surface area contributed by atoms with E-state index >= 15 is 0 Å². The average molecular weight is 502 g/mol. The lowest BCUT2D eigenvalue weighted by Crippen LogP contribution is -2.37. The van der Waals surface area contributed by atoms with Crippen LogP contribution in [0.15, 0.2) is 72.4 Å². The summed E-state index contributed by atoms with van der Waals surface area (Å²) < 4.78 is 10.3. The first kappa shape index (κ1) is 27.9. The standard InChI is InChI=1S/C20H27N3O4S.C7H8.2H2/c1-15(2)27-19(24)22-10-6-9-17(11-16-7-4-3-5-8-16)23-20(25)26-13-18-12-21-14-28-18;1-7-5-3-2-4-6-7;;/h3-5,7-8,12,14-15,17H,6,9-11,13H2,1-2H3,(H,22,24)(H,23,25);2-6H,1H3;2*1H/t17-;;;/m1.../s1. The minimum atomic E-state index is -0.457. The summed E-state index contributed by atoms with van der Waals surface area (Å²) in [5.74, 6) is 0. The maximum Gasteiger partial charge on any atom is 0.407 e. The maximum atomic E-state index is 12.2. The van der Waals surface area contributed by atoms with Crippen LogP contribution in [-0.2, 0) is 22.5 Å². The number of amides is 2. The van der Waals surface area contributed by atoms with E-state index in [2.05, 4.69) is 34.7 Å². The van der Waals surface area contributed by atoms with Crippen LogP contribution in [0.2, 0.25) is 0 Å². The lowest BCUT2D eigenvalue weighted by atomic mass is 10.0. The lowest BCUT2D eigenvalue weighted by Gasteiger charge is -2.19. The third-order valence-electron chi connectivity index (χ3n) is 4.76. The minimum Gasteiger partial charge on any atom is -0.447 e. The number of thiazole rings is 1. The van der Waals surface area contributed by atoms with Crippen molar-refractivity contribution in [2.75, 3.05) is 6.54 Å². The fraction of sp³-hybridized carbons (Fsp3) is 0.370. The summed E-state index contributed by atoms with van der Waals surface area (Å²) in [6, 6.07) is 20.1. The van der Waals surface area contributed by atoms with Crippen molar-refractivity contribution < 1.29 is 21.9 Å². The third-order valence-corrected chi connectivity index (χ3v) is 5.51. The number of carbonyl (C=O) groups excluding carboxylic acids is 2. The molecule has 0 saturated carbocycles. The molecule has 0 fully saturated rings. The number of alkyl carbamates (subject to hydrolysis) is 2. The molecule has 2 N–H and O–H groups in total. The normalized spacial score (nSPS) is 11.1. The van der Waals surface area contributed by atoms with E-state index in [-0.39, 0.29) is 21.6 Å². The van der Waals surface area contributed by atoms with Gasteiger partial charge in [0.05, 0.1) is 16.5 Å². The van der Waals surface area contributed by atoms with Gasteiger partial charge in [0.2, 0.25) is 0 Å². The highest BCUT2D eigenvalue weighted by atomic mass is 32.1. The zero-order chi connectivity index (χ0) is 25.3. The molecule has 0 saturated heterocycles. The molecule has 35 heavy (non-hydrogen) atoms. The molecule has 0 aliphatic heterocycles. The summed E-state index contributed by atoms with van der Waals surface area (Å²) in [6.07, 6.45) is 2.74. The van der Waals surface area contributed by atoms with Gasteiger partial charge in [0, 0.05) is 21.6 Å². The summed E-state index contributed by atoms with van der Waals surface area (Å²) >= 11 is 1.44. The van der Waals surface area contributed by atoms with Crippen LogP contribution < -0.4 is 10.6 Å². The van der Waals surface area contributed by atoms with Crippen molar-refractivity contribution in [1.82, 2.24) is 15.6 Å². The summed E-state index contributed by atoms with van der Waals surface area (Å²) in [5, 5.41) is 5.65. The summed E-state index contributed by atoms with van der Waals surface area (Å²) in [5.41, 5.74) is 4.15. The number of carbonyl (C=O) groups is 2. The largest absolute Gasteiger partial charge is 0.447 e. The van der Waals surface area contributed by atoms with Crippen LogP contribution in [0.4, 0.5) is 9.59 Å². The van der Waals surface area contributed by atoms with Crippen molar-refractivity contribution in [3.63, 3.8) is 0 Å². The Bertz CT molecular complexity index is 978. The number of rotatable bonds is 10. The predicted molar refractivity (Wildman–Crippen MR) is 144 cm³/mol. The number of hydrogen-bond donors (Lipinski definition) is 2. The van der Waals surface area contributed by atoms with Crippen LogP contribution in [-0.4, -0.2) is 35.9 Å². The third kappa shape index (κ3) is 13.2. The molecule has 0 bridgehead atoms. The summed E-state index contributed by atoms with van der Waals surface area (Å²) in [6.45, 7) is 6.38. The first-order chi connectivity index (χ1) is 16.9. The van der Waals surface area contributed by atoms with E-state index < -0.39 is 12.2 Å². The number of ether oxygens (including phenoxy) is 2. The quantitative estimate of drug-likeness (QED) is 0.315. The van der Waals surface area contributed by atoms with Crippen LogP contribution in [0.1, 0.15) is 45.5 Å². The highest BCUT2D eigenvalue weighted by Crippen LogP contribution is 2.10. The zero-order valence-corrected chi connectivity index (χ0v) is 21.4. The molecule has 0 radical (unpaired) electrons. The molecule has 0 spiro atoms. The number of benzene rings is 2. The highest BCUT2D eigenvalue weighted by molar-refractivity contribution is 7.09. The van der Waals surface area contributed by atoms with Gasteiger partial charge in [0.25, 0.3) is 0 Å². The van der Waals surface area contributed by atoms with E-state index in [1.165, 1.54) is 16.9 Å². The van der Waals surface area contributed by atoms with E-state index in [0.717, 1.165) is 10.4 Å². The molecule has 2 amide bonds. The van der Waals surface area contributed by atoms with E-state index in [1.54, 1.807) is 25.6 Å². The van der Waals surface area contributed by atoms with Gasteiger partial charge in [0.1, 0.15) is 6.61 Å². The van der Waals surface area contributed by atoms with Crippen LogP contribution in [0, 0.1) is 6.92 Å². The van der Waals surface area contributed by atoms with E-state index in [9.17, 15) is 9.59 Å². The number of nitrogens with zero attached hydrogens (tertiary/aromatic N) is 1. The fourth-order valence-electron chi connectivity index (χ4n) is 3.11. The average Bonchev–Trinajstić information content (AvgIpc) is 3.35. The Morgan fingerprint density at radius 2 is 1.71 bits per heavy atom. The Morgan fingerprint density at radius 1 is 1.03 bits per heavy atom. The van der Waals surface area contributed by atoms with Gasteiger partial charge < -0.3 is 20.1 Å². The molecular weight excluding hydrogens is 462 g/mol. The van der Waals surface area contributed by atoms with Gasteiger partial charge in [-0.2, -0.15) is 0 Å². The van der Waals surface area contributed by atoms with E-state index in [0.29, 0.717) is 25.8 Å². The molecule has 192 valence electrons. The number of nitrogens with one attached hydrogen (secondary N) is 2. The van der Waals surface area contributed by atoms with Gasteiger partial charge in [-0.25, -0.2) is 9.59 Å². The molecule has 7 nitrogen and oxygen atoms in total. The highest BCUT2D eigenvalue weighted by Gasteiger charge is 2.15. The molecular formula is C27H39N3O4S. The smallest absolute Gasteiger partial charge is 0.407 e. The molecule has 0 aliphatic carbocycles. The first-order valence-electron chi connectivity index (χ1n) is 11.7. The van der Waals surface area contributed by atoms with Crippen LogP contribution in [0.25, 0.3) is 0 Å². The molecule has 3 aromatic rings. The lowest BCUT2D eigenvalue weighted by molar-refractivity contribution is 0.115. The molecule has 8 heteroatoms. The summed E-state index contributed by atoms with van der Waals surface area (Å²) in [7, 11) is 0. The van der Waals surface area contributed by atoms with Crippen molar-refractivity contribution in [2.45, 2.75) is 58.8 Å². The first-order valence-corrected chi connectivity index (χ1v) is 12.6. The Balaban J connectivity index is 0.00000124. The van der Waals surface area contributed by atoms with Gasteiger partial charge in [-0.1, -0.05) is 66.2 Å². The fourth-order valence-corrected chi connectivity index (χ4v) is 3.62. The number of aromatic nitrogens is 1. The van der Waals surface area contributed by atoms with Gasteiger partial charge >= 0.3 is 12.2 Å². The Hall–Kier alpha value is -3.39. The van der Waals surface area contributed by atoms with Crippen LogP contribution in [0.5, 0.6) is 0 Å². The molecule has 0 unspecified atom stereocenters. The molecule has 1 aromatic heterocycles. The van der Waals surface area contributed by atoms with Crippen molar-refractivity contribution >= 4 is 23.5 Å². The predicted octanol–water partition coefficient (Wildman–Crippen LogP) is 6.38. The zero-order valence-electron chi connectivity index (χ0n) is 20.6. The Morgan fingerprint density at radius 3 is 2.29 bits per heavy atom. The minimum absolute atomic E-state index is 0. The molecule has 1 heterocycles. The van der Waals surface area contributed by atoms with Crippen molar-refractivity contribution in [3.05, 3.63) is 88.4 Å². The second kappa shape index (κ2) is 16.3. The van der Waals surface area contributed by atoms with Crippen molar-refractivity contribution in [2.24, 2.45) is 0 Å². The Labute approximate surface area is 214 Å².